The Morgan fingerprint density at radius 3 is 2.37 bits per heavy atom. The number of aryl methyl sites for hydroxylation is 1. The van der Waals surface area contributed by atoms with Gasteiger partial charge in [-0.1, -0.05) is 23.8 Å². The fourth-order valence-electron chi connectivity index (χ4n) is 1.60. The predicted octanol–water partition coefficient (Wildman–Crippen LogP) is 2.15. The Bertz CT molecular complexity index is 547. The van der Waals surface area contributed by atoms with E-state index in [1.165, 1.54) is 17.3 Å². The average molecular weight is 281 g/mol. The first-order chi connectivity index (χ1) is 8.87. The Hall–Kier alpha value is -1.46. The summed E-state index contributed by atoms with van der Waals surface area (Å²) >= 11 is 0. The lowest BCUT2D eigenvalue weighted by atomic mass is 10.2. The van der Waals surface area contributed by atoms with Gasteiger partial charge >= 0.3 is 0 Å². The summed E-state index contributed by atoms with van der Waals surface area (Å²) in [6.07, 6.45) is 1.73. The highest BCUT2D eigenvalue weighted by Gasteiger charge is 2.23. The summed E-state index contributed by atoms with van der Waals surface area (Å²) in [6, 6.07) is 6.66. The molecule has 0 aliphatic rings. The van der Waals surface area contributed by atoms with Crippen molar-refractivity contribution in [2.24, 2.45) is 0 Å². The first-order valence-corrected chi connectivity index (χ1v) is 7.49. The van der Waals surface area contributed by atoms with Crippen LogP contribution in [0.15, 0.2) is 41.8 Å². The maximum absolute atomic E-state index is 12.4. The highest BCUT2D eigenvalue weighted by atomic mass is 32.2. The lowest BCUT2D eigenvalue weighted by molar-refractivity contribution is -0.117. The van der Waals surface area contributed by atoms with E-state index in [0.717, 1.165) is 5.56 Å². The van der Waals surface area contributed by atoms with Crippen molar-refractivity contribution in [1.82, 2.24) is 4.31 Å². The van der Waals surface area contributed by atoms with Crippen LogP contribution in [0.3, 0.4) is 0 Å². The van der Waals surface area contributed by atoms with E-state index in [-0.39, 0.29) is 30.2 Å². The summed E-state index contributed by atoms with van der Waals surface area (Å²) in [5, 5.41) is 0. The minimum Gasteiger partial charge on any atom is -0.300 e. The van der Waals surface area contributed by atoms with Crippen LogP contribution < -0.4 is 0 Å². The molecule has 0 N–H and O–H groups in total. The quantitative estimate of drug-likeness (QED) is 0.720. The number of carbonyl (C=O) groups is 1. The third-order valence-electron chi connectivity index (χ3n) is 2.70. The van der Waals surface area contributed by atoms with Crippen LogP contribution in [0.25, 0.3) is 0 Å². The molecule has 0 aromatic heterocycles. The van der Waals surface area contributed by atoms with Crippen molar-refractivity contribution in [1.29, 1.82) is 0 Å². The Kier molecular flexibility index (Phi) is 5.44. The molecule has 19 heavy (non-hydrogen) atoms. The van der Waals surface area contributed by atoms with Gasteiger partial charge in [0.05, 0.1) is 4.90 Å². The molecule has 1 aromatic rings. The van der Waals surface area contributed by atoms with Crippen molar-refractivity contribution in [3.63, 3.8) is 0 Å². The summed E-state index contributed by atoms with van der Waals surface area (Å²) in [6.45, 7) is 7.28. The topological polar surface area (TPSA) is 54.5 Å². The normalized spacial score (nSPS) is 11.5. The molecule has 1 rings (SSSR count). The van der Waals surface area contributed by atoms with Crippen LogP contribution in [0, 0.1) is 6.92 Å². The highest BCUT2D eigenvalue weighted by molar-refractivity contribution is 7.89. The van der Waals surface area contributed by atoms with Gasteiger partial charge in [0.15, 0.2) is 0 Å². The number of ketones is 1. The molecule has 1 aromatic carbocycles. The van der Waals surface area contributed by atoms with E-state index in [1.54, 1.807) is 24.3 Å². The zero-order valence-electron chi connectivity index (χ0n) is 11.3. The second-order valence-corrected chi connectivity index (χ2v) is 6.35. The third-order valence-corrected chi connectivity index (χ3v) is 4.58. The monoisotopic (exact) mass is 281 g/mol. The molecular weight excluding hydrogens is 262 g/mol. The Morgan fingerprint density at radius 2 is 1.89 bits per heavy atom. The van der Waals surface area contributed by atoms with Gasteiger partial charge in [0.2, 0.25) is 10.0 Å². The number of sulfonamides is 1. The molecule has 4 nitrogen and oxygen atoms in total. The summed E-state index contributed by atoms with van der Waals surface area (Å²) in [5.41, 5.74) is 0.998. The minimum absolute atomic E-state index is 0.0341. The number of rotatable bonds is 7. The van der Waals surface area contributed by atoms with Gasteiger partial charge in [-0.05, 0) is 26.0 Å². The standard InChI is InChI=1S/C14H19NO3S/c1-4-10-15(11-9-13(3)16)19(17,18)14-7-5-12(2)6-8-14/h4-8H,1,9-11H2,2-3H3. The van der Waals surface area contributed by atoms with Crippen molar-refractivity contribution in [3.05, 3.63) is 42.5 Å². The van der Waals surface area contributed by atoms with Gasteiger partial charge < -0.3 is 0 Å². The highest BCUT2D eigenvalue weighted by Crippen LogP contribution is 2.16. The zero-order chi connectivity index (χ0) is 14.5. The lowest BCUT2D eigenvalue weighted by Gasteiger charge is -2.20. The summed E-state index contributed by atoms with van der Waals surface area (Å²) in [7, 11) is -3.57. The van der Waals surface area contributed by atoms with Crippen molar-refractivity contribution < 1.29 is 13.2 Å². The van der Waals surface area contributed by atoms with E-state index < -0.39 is 10.0 Å². The summed E-state index contributed by atoms with van der Waals surface area (Å²) in [5.74, 6) is -0.0341. The number of benzene rings is 1. The zero-order valence-corrected chi connectivity index (χ0v) is 12.1. The molecule has 0 aliphatic carbocycles. The number of hydrogen-bond acceptors (Lipinski definition) is 3. The molecular formula is C14H19NO3S. The van der Waals surface area contributed by atoms with Gasteiger partial charge in [-0.2, -0.15) is 4.31 Å². The largest absolute Gasteiger partial charge is 0.300 e. The molecule has 0 bridgehead atoms. The van der Waals surface area contributed by atoms with Crippen molar-refractivity contribution in [2.45, 2.75) is 25.2 Å². The Balaban J connectivity index is 3.01. The molecule has 0 atom stereocenters. The van der Waals surface area contributed by atoms with Crippen molar-refractivity contribution >= 4 is 15.8 Å². The molecule has 0 unspecified atom stereocenters. The predicted molar refractivity (Wildman–Crippen MR) is 75.4 cm³/mol. The van der Waals surface area contributed by atoms with E-state index in [4.69, 9.17) is 0 Å². The number of nitrogens with zero attached hydrogens (tertiary/aromatic N) is 1. The van der Waals surface area contributed by atoms with Gasteiger partial charge in [0.25, 0.3) is 0 Å². The molecule has 5 heteroatoms. The molecule has 0 aliphatic heterocycles. The summed E-state index contributed by atoms with van der Waals surface area (Å²) in [4.78, 5) is 11.3. The van der Waals surface area contributed by atoms with Crippen molar-refractivity contribution in [2.75, 3.05) is 13.1 Å². The van der Waals surface area contributed by atoms with Crippen molar-refractivity contribution in [3.8, 4) is 0 Å². The van der Waals surface area contributed by atoms with E-state index in [9.17, 15) is 13.2 Å². The van der Waals surface area contributed by atoms with Crippen LogP contribution in [-0.2, 0) is 14.8 Å². The minimum atomic E-state index is -3.57. The van der Waals surface area contributed by atoms with Gasteiger partial charge in [-0.3, -0.25) is 4.79 Å². The van der Waals surface area contributed by atoms with E-state index in [2.05, 4.69) is 6.58 Å². The molecule has 0 saturated heterocycles. The van der Waals surface area contributed by atoms with E-state index in [1.807, 2.05) is 6.92 Å². The average Bonchev–Trinajstić information content (AvgIpc) is 2.34. The van der Waals surface area contributed by atoms with Crippen LogP contribution in [0.1, 0.15) is 18.9 Å². The second-order valence-electron chi connectivity index (χ2n) is 4.42. The maximum Gasteiger partial charge on any atom is 0.243 e. The number of Topliss-reactive ketones (excluding diaryl/α,β-unsaturated/α-hetero) is 1. The van der Waals surface area contributed by atoms with Crippen LogP contribution >= 0.6 is 0 Å². The first-order valence-electron chi connectivity index (χ1n) is 6.05. The third kappa shape index (κ3) is 4.29. The van der Waals surface area contributed by atoms with Crippen LogP contribution in [0.4, 0.5) is 0 Å². The van der Waals surface area contributed by atoms with Crippen LogP contribution in [0.2, 0.25) is 0 Å². The fourth-order valence-corrected chi connectivity index (χ4v) is 3.01. The van der Waals surface area contributed by atoms with E-state index in [0.29, 0.717) is 0 Å². The van der Waals surface area contributed by atoms with E-state index >= 15 is 0 Å². The molecule has 0 fully saturated rings. The van der Waals surface area contributed by atoms with Crippen LogP contribution in [0.5, 0.6) is 0 Å². The molecule has 0 heterocycles. The lowest BCUT2D eigenvalue weighted by Crippen LogP contribution is -2.33. The van der Waals surface area contributed by atoms with Gasteiger partial charge in [0.1, 0.15) is 5.78 Å². The second kappa shape index (κ2) is 6.63. The van der Waals surface area contributed by atoms with Gasteiger partial charge in [0, 0.05) is 19.5 Å². The molecule has 0 saturated carbocycles. The molecule has 104 valence electrons. The fraction of sp³-hybridized carbons (Fsp3) is 0.357. The number of hydrogen-bond donors (Lipinski definition) is 0. The van der Waals surface area contributed by atoms with Gasteiger partial charge in [-0.15, -0.1) is 6.58 Å². The Morgan fingerprint density at radius 1 is 1.32 bits per heavy atom. The molecule has 0 amide bonds. The Labute approximate surface area is 114 Å². The first kappa shape index (κ1) is 15.6. The van der Waals surface area contributed by atoms with Crippen LogP contribution in [-0.4, -0.2) is 31.6 Å². The SMILES string of the molecule is C=CCN(CCC(C)=O)S(=O)(=O)c1ccc(C)cc1. The van der Waals surface area contributed by atoms with Gasteiger partial charge in [-0.25, -0.2) is 8.42 Å². The molecule has 0 radical (unpaired) electrons. The number of carbonyl (C=O) groups excluding carboxylic acids is 1. The smallest absolute Gasteiger partial charge is 0.243 e. The molecule has 0 spiro atoms. The maximum atomic E-state index is 12.4. The summed E-state index contributed by atoms with van der Waals surface area (Å²) < 4.78 is 26.1.